The fourth-order valence-electron chi connectivity index (χ4n) is 1.90. The third-order valence-corrected chi connectivity index (χ3v) is 4.62. The van der Waals surface area contributed by atoms with Gasteiger partial charge in [0.05, 0.1) is 10.0 Å². The minimum Gasteiger partial charge on any atom is -0.457 e. The summed E-state index contributed by atoms with van der Waals surface area (Å²) in [6.07, 6.45) is 0. The predicted octanol–water partition coefficient (Wildman–Crippen LogP) is 5.67. The van der Waals surface area contributed by atoms with Crippen LogP contribution in [0.5, 0.6) is 0 Å². The van der Waals surface area contributed by atoms with Gasteiger partial charge in [-0.15, -0.1) is 11.3 Å². The molecular formula is C16H10Cl2O3S. The molecule has 1 aromatic carbocycles. The number of rotatable bonds is 4. The first kappa shape index (κ1) is 15.2. The van der Waals surface area contributed by atoms with Gasteiger partial charge in [0.1, 0.15) is 23.0 Å². The van der Waals surface area contributed by atoms with Gasteiger partial charge >= 0.3 is 5.97 Å². The maximum absolute atomic E-state index is 11.8. The Morgan fingerprint density at radius 3 is 2.77 bits per heavy atom. The molecule has 3 nitrogen and oxygen atoms in total. The van der Waals surface area contributed by atoms with Crippen LogP contribution in [0.1, 0.15) is 15.4 Å². The Balaban J connectivity index is 1.71. The summed E-state index contributed by atoms with van der Waals surface area (Å²) in [4.78, 5) is 12.3. The molecule has 0 aliphatic heterocycles. The monoisotopic (exact) mass is 352 g/mol. The van der Waals surface area contributed by atoms with Crippen molar-refractivity contribution in [1.82, 2.24) is 0 Å². The van der Waals surface area contributed by atoms with Crippen molar-refractivity contribution in [3.63, 3.8) is 0 Å². The SMILES string of the molecule is O=C(OCc1ccc(-c2cccc(Cl)c2Cl)o1)c1cccs1. The van der Waals surface area contributed by atoms with E-state index in [1.165, 1.54) is 11.3 Å². The molecule has 0 spiro atoms. The van der Waals surface area contributed by atoms with Crippen molar-refractivity contribution in [2.24, 2.45) is 0 Å². The molecular weight excluding hydrogens is 343 g/mol. The molecule has 0 radical (unpaired) electrons. The minimum atomic E-state index is -0.367. The van der Waals surface area contributed by atoms with Gasteiger partial charge in [-0.05, 0) is 35.7 Å². The number of esters is 1. The molecule has 6 heteroatoms. The molecule has 0 atom stereocenters. The summed E-state index contributed by atoms with van der Waals surface area (Å²) < 4.78 is 10.9. The summed E-state index contributed by atoms with van der Waals surface area (Å²) in [6.45, 7) is 0.0644. The minimum absolute atomic E-state index is 0.0644. The predicted molar refractivity (Wildman–Crippen MR) is 87.6 cm³/mol. The van der Waals surface area contributed by atoms with Gasteiger partial charge in [-0.1, -0.05) is 35.3 Å². The Bertz CT molecular complexity index is 794. The lowest BCUT2D eigenvalue weighted by molar-refractivity contribution is 0.0452. The topological polar surface area (TPSA) is 39.4 Å². The zero-order valence-corrected chi connectivity index (χ0v) is 13.5. The first-order valence-electron chi connectivity index (χ1n) is 6.39. The molecule has 3 aromatic rings. The fourth-order valence-corrected chi connectivity index (χ4v) is 2.91. The van der Waals surface area contributed by atoms with Gasteiger partial charge in [0.15, 0.2) is 0 Å². The second kappa shape index (κ2) is 6.57. The van der Waals surface area contributed by atoms with Gasteiger partial charge in [0.2, 0.25) is 0 Å². The van der Waals surface area contributed by atoms with E-state index in [2.05, 4.69) is 0 Å². The van der Waals surface area contributed by atoms with Crippen molar-refractivity contribution in [3.05, 3.63) is 68.5 Å². The van der Waals surface area contributed by atoms with E-state index in [-0.39, 0.29) is 12.6 Å². The van der Waals surface area contributed by atoms with E-state index in [1.54, 1.807) is 36.4 Å². The average Bonchev–Trinajstić information content (AvgIpc) is 3.19. The summed E-state index contributed by atoms with van der Waals surface area (Å²) in [6, 6.07) is 12.3. The zero-order valence-electron chi connectivity index (χ0n) is 11.2. The van der Waals surface area contributed by atoms with Crippen molar-refractivity contribution < 1.29 is 13.9 Å². The van der Waals surface area contributed by atoms with E-state index in [4.69, 9.17) is 32.4 Å². The van der Waals surface area contributed by atoms with Crippen LogP contribution in [0.3, 0.4) is 0 Å². The highest BCUT2D eigenvalue weighted by atomic mass is 35.5. The van der Waals surface area contributed by atoms with Gasteiger partial charge in [0, 0.05) is 5.56 Å². The summed E-state index contributed by atoms with van der Waals surface area (Å²) >= 11 is 13.5. The summed E-state index contributed by atoms with van der Waals surface area (Å²) in [5.74, 6) is 0.749. The summed E-state index contributed by atoms with van der Waals surface area (Å²) in [5, 5.41) is 2.71. The third-order valence-electron chi connectivity index (χ3n) is 2.95. The second-order valence-corrected chi connectivity index (χ2v) is 6.15. The maximum Gasteiger partial charge on any atom is 0.348 e. The first-order valence-corrected chi connectivity index (χ1v) is 8.02. The molecule has 0 amide bonds. The van der Waals surface area contributed by atoms with Crippen molar-refractivity contribution >= 4 is 40.5 Å². The van der Waals surface area contributed by atoms with Crippen LogP contribution in [0.4, 0.5) is 0 Å². The molecule has 0 aliphatic rings. The Labute approximate surface area is 141 Å². The Kier molecular flexibility index (Phi) is 4.52. The van der Waals surface area contributed by atoms with Crippen LogP contribution in [-0.2, 0) is 11.3 Å². The normalized spacial score (nSPS) is 10.6. The molecule has 0 bridgehead atoms. The van der Waals surface area contributed by atoms with Gasteiger partial charge in [0.25, 0.3) is 0 Å². The number of halogens is 2. The maximum atomic E-state index is 11.8. The van der Waals surface area contributed by atoms with E-state index in [1.807, 2.05) is 11.4 Å². The highest BCUT2D eigenvalue weighted by molar-refractivity contribution is 7.11. The lowest BCUT2D eigenvalue weighted by atomic mass is 10.2. The molecule has 112 valence electrons. The van der Waals surface area contributed by atoms with Gasteiger partial charge in [-0.25, -0.2) is 4.79 Å². The molecule has 2 heterocycles. The smallest absolute Gasteiger partial charge is 0.348 e. The molecule has 0 N–H and O–H groups in total. The van der Waals surface area contributed by atoms with Crippen LogP contribution in [0.2, 0.25) is 10.0 Å². The summed E-state index contributed by atoms with van der Waals surface area (Å²) in [5.41, 5.74) is 0.699. The van der Waals surface area contributed by atoms with Crippen LogP contribution < -0.4 is 0 Å². The van der Waals surface area contributed by atoms with Crippen molar-refractivity contribution in [1.29, 1.82) is 0 Å². The van der Waals surface area contributed by atoms with Crippen LogP contribution in [0.25, 0.3) is 11.3 Å². The molecule has 0 saturated carbocycles. The number of hydrogen-bond donors (Lipinski definition) is 0. The first-order chi connectivity index (χ1) is 10.6. The lowest BCUT2D eigenvalue weighted by Crippen LogP contribution is -2.02. The number of carbonyl (C=O) groups excluding carboxylic acids is 1. The van der Waals surface area contributed by atoms with Gasteiger partial charge < -0.3 is 9.15 Å². The van der Waals surface area contributed by atoms with Crippen molar-refractivity contribution in [2.45, 2.75) is 6.61 Å². The van der Waals surface area contributed by atoms with Crippen molar-refractivity contribution in [3.8, 4) is 11.3 Å². The van der Waals surface area contributed by atoms with Crippen molar-refractivity contribution in [2.75, 3.05) is 0 Å². The Morgan fingerprint density at radius 1 is 1.14 bits per heavy atom. The molecule has 0 aliphatic carbocycles. The quantitative estimate of drug-likeness (QED) is 0.567. The number of benzene rings is 1. The standard InChI is InChI=1S/C16H10Cl2O3S/c17-12-4-1-3-11(15(12)18)13-7-6-10(21-13)9-20-16(19)14-5-2-8-22-14/h1-8H,9H2. The number of carbonyl (C=O) groups is 1. The van der Waals surface area contributed by atoms with E-state index >= 15 is 0 Å². The zero-order chi connectivity index (χ0) is 15.5. The van der Waals surface area contributed by atoms with Gasteiger partial charge in [-0.2, -0.15) is 0 Å². The number of ether oxygens (including phenoxy) is 1. The molecule has 0 fully saturated rings. The average molecular weight is 353 g/mol. The third kappa shape index (κ3) is 3.19. The Hall–Kier alpha value is -1.75. The molecule has 3 rings (SSSR count). The Morgan fingerprint density at radius 2 is 2.00 bits per heavy atom. The van der Waals surface area contributed by atoms with E-state index in [0.29, 0.717) is 32.0 Å². The fraction of sp³-hybridized carbons (Fsp3) is 0.0625. The van der Waals surface area contributed by atoms with Crippen LogP contribution >= 0.6 is 34.5 Å². The lowest BCUT2D eigenvalue weighted by Gasteiger charge is -2.03. The highest BCUT2D eigenvalue weighted by Gasteiger charge is 2.13. The highest BCUT2D eigenvalue weighted by Crippen LogP contribution is 2.34. The second-order valence-electron chi connectivity index (χ2n) is 4.42. The van der Waals surface area contributed by atoms with Gasteiger partial charge in [-0.3, -0.25) is 0 Å². The molecule has 2 aromatic heterocycles. The van der Waals surface area contributed by atoms with Crippen LogP contribution in [0.15, 0.2) is 52.3 Å². The van der Waals surface area contributed by atoms with Crippen LogP contribution in [0, 0.1) is 0 Å². The number of thiophene rings is 1. The largest absolute Gasteiger partial charge is 0.457 e. The molecule has 22 heavy (non-hydrogen) atoms. The molecule has 0 unspecified atom stereocenters. The van der Waals surface area contributed by atoms with Crippen LogP contribution in [-0.4, -0.2) is 5.97 Å². The van der Waals surface area contributed by atoms with E-state index < -0.39 is 0 Å². The molecule has 0 saturated heterocycles. The summed E-state index contributed by atoms with van der Waals surface area (Å²) in [7, 11) is 0. The van der Waals surface area contributed by atoms with E-state index in [9.17, 15) is 4.79 Å². The number of furan rings is 1. The number of hydrogen-bond acceptors (Lipinski definition) is 4. The van der Waals surface area contributed by atoms with E-state index in [0.717, 1.165) is 0 Å².